The van der Waals surface area contributed by atoms with Crippen LogP contribution in [0.5, 0.6) is 0 Å². The molecule has 0 fully saturated rings. The number of nitrogens with one attached hydrogen (secondary N) is 2. The number of fused-ring (bicyclic) bond motifs is 1. The third-order valence-corrected chi connectivity index (χ3v) is 3.91. The van der Waals surface area contributed by atoms with Gasteiger partial charge >= 0.3 is 0 Å². The van der Waals surface area contributed by atoms with Gasteiger partial charge in [-0.15, -0.1) is 0 Å². The molecule has 3 aromatic rings. The maximum atomic E-state index is 6.02. The molecule has 5 nitrogen and oxygen atoms in total. The third kappa shape index (κ3) is 2.46. The summed E-state index contributed by atoms with van der Waals surface area (Å²) in [5.41, 5.74) is 10.9. The first-order valence-electron chi connectivity index (χ1n) is 6.76. The van der Waals surface area contributed by atoms with E-state index in [0.29, 0.717) is 5.02 Å². The minimum atomic E-state index is 0.640. The van der Waals surface area contributed by atoms with E-state index in [0.717, 1.165) is 39.0 Å². The van der Waals surface area contributed by atoms with Gasteiger partial charge in [-0.2, -0.15) is 0 Å². The number of halogens is 1. The van der Waals surface area contributed by atoms with E-state index >= 15 is 0 Å². The number of benzene rings is 2. The number of anilines is 2. The van der Waals surface area contributed by atoms with Gasteiger partial charge in [-0.3, -0.25) is 16.7 Å². The lowest BCUT2D eigenvalue weighted by Gasteiger charge is -2.15. The van der Waals surface area contributed by atoms with Gasteiger partial charge < -0.3 is 10.9 Å². The number of hydrazine groups is 2. The van der Waals surface area contributed by atoms with E-state index in [-0.39, 0.29) is 0 Å². The van der Waals surface area contributed by atoms with Gasteiger partial charge in [-0.1, -0.05) is 17.7 Å². The normalized spacial score (nSPS) is 10.7. The summed E-state index contributed by atoms with van der Waals surface area (Å²) in [5, 5.41) is 1.55. The van der Waals surface area contributed by atoms with E-state index in [2.05, 4.69) is 15.8 Å². The molecule has 0 bridgehead atoms. The Balaban J connectivity index is 2.29. The molecule has 3 rings (SSSR count). The molecule has 1 heterocycles. The van der Waals surface area contributed by atoms with Gasteiger partial charge in [0.1, 0.15) is 0 Å². The molecule has 0 aliphatic heterocycles. The predicted octanol–water partition coefficient (Wildman–Crippen LogP) is 3.43. The molecule has 0 saturated heterocycles. The molecule has 22 heavy (non-hydrogen) atoms. The Morgan fingerprint density at radius 1 is 1.00 bits per heavy atom. The summed E-state index contributed by atoms with van der Waals surface area (Å²) in [6.45, 7) is 2.03. The molecular formula is C16H16ClN5. The number of aryl methyl sites for hydroxylation is 1. The summed E-state index contributed by atoms with van der Waals surface area (Å²) >= 11 is 6.02. The molecule has 0 atom stereocenters. The van der Waals surface area contributed by atoms with E-state index in [1.807, 2.05) is 43.3 Å². The van der Waals surface area contributed by atoms with Crippen LogP contribution in [-0.2, 0) is 0 Å². The Morgan fingerprint density at radius 3 is 2.55 bits per heavy atom. The number of nitrogens with two attached hydrogens (primary N) is 2. The van der Waals surface area contributed by atoms with Crippen LogP contribution in [0.4, 0.5) is 11.4 Å². The quantitative estimate of drug-likeness (QED) is 0.439. The Bertz CT molecular complexity index is 847. The number of nitrogens with zero attached hydrogens (tertiary/aromatic N) is 1. The SMILES string of the molecule is Cc1ccc(NN)cc1-c1cnc2cc(Cl)ccc2c1NN. The topological polar surface area (TPSA) is 89.0 Å². The van der Waals surface area contributed by atoms with E-state index in [1.165, 1.54) is 0 Å². The number of hydrogen-bond donors (Lipinski definition) is 4. The van der Waals surface area contributed by atoms with Crippen LogP contribution < -0.4 is 22.5 Å². The fraction of sp³-hybridized carbons (Fsp3) is 0.0625. The van der Waals surface area contributed by atoms with Gasteiger partial charge in [-0.25, -0.2) is 0 Å². The lowest BCUT2D eigenvalue weighted by Crippen LogP contribution is -2.10. The van der Waals surface area contributed by atoms with Crippen LogP contribution >= 0.6 is 11.6 Å². The second-order valence-corrected chi connectivity index (χ2v) is 5.46. The van der Waals surface area contributed by atoms with Crippen LogP contribution in [0, 0.1) is 6.92 Å². The van der Waals surface area contributed by atoms with Crippen molar-refractivity contribution in [3.05, 3.63) is 53.2 Å². The van der Waals surface area contributed by atoms with Crippen molar-refractivity contribution in [1.82, 2.24) is 4.98 Å². The Kier molecular flexibility index (Phi) is 3.85. The van der Waals surface area contributed by atoms with Gasteiger partial charge in [-0.05, 0) is 48.4 Å². The molecule has 0 radical (unpaired) electrons. The van der Waals surface area contributed by atoms with Crippen LogP contribution in [-0.4, -0.2) is 4.98 Å². The highest BCUT2D eigenvalue weighted by Gasteiger charge is 2.12. The Labute approximate surface area is 133 Å². The maximum Gasteiger partial charge on any atom is 0.0738 e. The van der Waals surface area contributed by atoms with E-state index in [9.17, 15) is 0 Å². The summed E-state index contributed by atoms with van der Waals surface area (Å²) < 4.78 is 0. The summed E-state index contributed by atoms with van der Waals surface area (Å²) in [7, 11) is 0. The van der Waals surface area contributed by atoms with Crippen molar-refractivity contribution in [3.8, 4) is 11.1 Å². The first-order chi connectivity index (χ1) is 10.6. The van der Waals surface area contributed by atoms with Crippen molar-refractivity contribution >= 4 is 33.9 Å². The molecule has 2 aromatic carbocycles. The van der Waals surface area contributed by atoms with Gasteiger partial charge in [0.05, 0.1) is 11.2 Å². The average Bonchev–Trinajstić information content (AvgIpc) is 2.54. The van der Waals surface area contributed by atoms with Crippen molar-refractivity contribution in [1.29, 1.82) is 0 Å². The van der Waals surface area contributed by atoms with Crippen molar-refractivity contribution < 1.29 is 0 Å². The molecule has 1 aromatic heterocycles. The van der Waals surface area contributed by atoms with Crippen LogP contribution in [0.2, 0.25) is 5.02 Å². The Morgan fingerprint density at radius 2 is 1.82 bits per heavy atom. The molecule has 112 valence electrons. The van der Waals surface area contributed by atoms with Crippen molar-refractivity contribution in [3.63, 3.8) is 0 Å². The molecule has 0 aliphatic carbocycles. The predicted molar refractivity (Wildman–Crippen MR) is 92.5 cm³/mol. The fourth-order valence-electron chi connectivity index (χ4n) is 2.53. The summed E-state index contributed by atoms with van der Waals surface area (Å²) in [6, 6.07) is 11.4. The highest BCUT2D eigenvalue weighted by atomic mass is 35.5. The van der Waals surface area contributed by atoms with Crippen molar-refractivity contribution in [2.45, 2.75) is 6.92 Å². The smallest absolute Gasteiger partial charge is 0.0738 e. The van der Waals surface area contributed by atoms with E-state index in [4.69, 9.17) is 23.3 Å². The largest absolute Gasteiger partial charge is 0.324 e. The first-order valence-corrected chi connectivity index (χ1v) is 7.14. The van der Waals surface area contributed by atoms with E-state index in [1.54, 1.807) is 6.20 Å². The minimum Gasteiger partial charge on any atom is -0.324 e. The highest BCUT2D eigenvalue weighted by molar-refractivity contribution is 6.31. The van der Waals surface area contributed by atoms with Crippen LogP contribution in [0.15, 0.2) is 42.6 Å². The molecule has 0 unspecified atom stereocenters. The minimum absolute atomic E-state index is 0.640. The van der Waals surface area contributed by atoms with E-state index < -0.39 is 0 Å². The molecule has 0 saturated carbocycles. The standard InChI is InChI=1S/C16H16ClN5/c1-9-2-4-11(21-18)7-13(9)14-8-20-15-6-10(17)3-5-12(15)16(14)22-19/h2-8,21H,18-19H2,1H3,(H,20,22). The maximum absolute atomic E-state index is 6.02. The second-order valence-electron chi connectivity index (χ2n) is 5.03. The number of nitrogen functional groups attached to an aromatic ring is 2. The summed E-state index contributed by atoms with van der Waals surface area (Å²) in [5.74, 6) is 11.3. The zero-order valence-electron chi connectivity index (χ0n) is 12.0. The highest BCUT2D eigenvalue weighted by Crippen LogP contribution is 2.36. The van der Waals surface area contributed by atoms with Crippen molar-refractivity contribution in [2.75, 3.05) is 10.9 Å². The summed E-state index contributed by atoms with van der Waals surface area (Å²) in [4.78, 5) is 4.49. The van der Waals surface area contributed by atoms with Crippen LogP contribution in [0.1, 0.15) is 5.56 Å². The van der Waals surface area contributed by atoms with Crippen LogP contribution in [0.3, 0.4) is 0 Å². The Hall–Kier alpha value is -2.34. The molecular weight excluding hydrogens is 298 g/mol. The monoisotopic (exact) mass is 313 g/mol. The van der Waals surface area contributed by atoms with Crippen molar-refractivity contribution in [2.24, 2.45) is 11.7 Å². The van der Waals surface area contributed by atoms with Gasteiger partial charge in [0, 0.05) is 27.9 Å². The lowest BCUT2D eigenvalue weighted by atomic mass is 9.98. The summed E-state index contributed by atoms with van der Waals surface area (Å²) in [6.07, 6.45) is 1.79. The fourth-order valence-corrected chi connectivity index (χ4v) is 2.69. The molecule has 6 N–H and O–H groups in total. The molecule has 0 aliphatic rings. The second kappa shape index (κ2) is 5.81. The molecule has 6 heteroatoms. The van der Waals surface area contributed by atoms with Gasteiger partial charge in [0.15, 0.2) is 0 Å². The zero-order chi connectivity index (χ0) is 15.7. The number of hydrogen-bond acceptors (Lipinski definition) is 5. The van der Waals surface area contributed by atoms with Crippen LogP contribution in [0.25, 0.3) is 22.0 Å². The van der Waals surface area contributed by atoms with Gasteiger partial charge in [0.25, 0.3) is 0 Å². The third-order valence-electron chi connectivity index (χ3n) is 3.67. The van der Waals surface area contributed by atoms with Gasteiger partial charge in [0.2, 0.25) is 0 Å². The average molecular weight is 314 g/mol. The molecule has 0 amide bonds. The number of pyridine rings is 1. The first kappa shape index (κ1) is 14.6. The molecule has 0 spiro atoms. The zero-order valence-corrected chi connectivity index (χ0v) is 12.8. The number of aromatic nitrogens is 1. The number of rotatable bonds is 3. The lowest BCUT2D eigenvalue weighted by molar-refractivity contribution is 1.31.